The Balaban J connectivity index is 1.47. The second-order valence-corrected chi connectivity index (χ2v) is 8.86. The van der Waals surface area contributed by atoms with E-state index in [1.807, 2.05) is 52.9 Å². The van der Waals surface area contributed by atoms with E-state index in [9.17, 15) is 4.79 Å². The zero-order valence-corrected chi connectivity index (χ0v) is 17.6. The largest absolute Gasteiger partial charge is 0.345 e. The van der Waals surface area contributed by atoms with Gasteiger partial charge < -0.3 is 9.80 Å². The molecule has 1 aliphatic heterocycles. The van der Waals surface area contributed by atoms with Gasteiger partial charge in [-0.3, -0.25) is 4.79 Å². The standard InChI is InChI=1S/C19H17BrN4OS2/c20-14-3-5-15(6-4-14)27-17-16(2-1-7-21-17)18(25)23-9-11-24(12-10-23)19-22-8-13-26-19/h1-8,13H,9-12H2. The first-order valence-electron chi connectivity index (χ1n) is 8.53. The van der Waals surface area contributed by atoms with E-state index >= 15 is 0 Å². The van der Waals surface area contributed by atoms with Gasteiger partial charge in [-0.15, -0.1) is 11.3 Å². The van der Waals surface area contributed by atoms with Crippen LogP contribution in [0.2, 0.25) is 0 Å². The summed E-state index contributed by atoms with van der Waals surface area (Å²) in [5.74, 6) is 0.0431. The summed E-state index contributed by atoms with van der Waals surface area (Å²) in [6.07, 6.45) is 3.55. The Morgan fingerprint density at radius 2 is 1.81 bits per heavy atom. The van der Waals surface area contributed by atoms with Crippen molar-refractivity contribution in [2.24, 2.45) is 0 Å². The van der Waals surface area contributed by atoms with Gasteiger partial charge in [-0.05, 0) is 36.4 Å². The number of hydrogen-bond donors (Lipinski definition) is 0. The molecular formula is C19H17BrN4OS2. The Hall–Kier alpha value is -1.90. The monoisotopic (exact) mass is 460 g/mol. The van der Waals surface area contributed by atoms with E-state index in [1.165, 1.54) is 11.8 Å². The Bertz CT molecular complexity index is 910. The first kappa shape index (κ1) is 18.5. The topological polar surface area (TPSA) is 49.3 Å². The summed E-state index contributed by atoms with van der Waals surface area (Å²) in [6, 6.07) is 11.7. The van der Waals surface area contributed by atoms with Gasteiger partial charge in [-0.1, -0.05) is 27.7 Å². The third-order valence-electron chi connectivity index (χ3n) is 4.29. The molecular weight excluding hydrogens is 444 g/mol. The predicted molar refractivity (Wildman–Crippen MR) is 113 cm³/mol. The summed E-state index contributed by atoms with van der Waals surface area (Å²) in [7, 11) is 0. The molecule has 1 fully saturated rings. The Morgan fingerprint density at radius 1 is 1.04 bits per heavy atom. The second kappa shape index (κ2) is 8.41. The highest BCUT2D eigenvalue weighted by atomic mass is 79.9. The van der Waals surface area contributed by atoms with E-state index in [-0.39, 0.29) is 5.91 Å². The number of aromatic nitrogens is 2. The van der Waals surface area contributed by atoms with Gasteiger partial charge in [0.2, 0.25) is 0 Å². The third-order valence-corrected chi connectivity index (χ3v) is 6.67. The van der Waals surface area contributed by atoms with Crippen LogP contribution in [0.25, 0.3) is 0 Å². The van der Waals surface area contributed by atoms with Crippen LogP contribution in [0.5, 0.6) is 0 Å². The molecule has 4 rings (SSSR count). The Labute approximate surface area is 174 Å². The van der Waals surface area contributed by atoms with Gasteiger partial charge in [0, 0.05) is 53.3 Å². The molecule has 8 heteroatoms. The first-order chi connectivity index (χ1) is 13.2. The molecule has 0 atom stereocenters. The molecule has 0 bridgehead atoms. The van der Waals surface area contributed by atoms with Gasteiger partial charge in [0.15, 0.2) is 5.13 Å². The number of benzene rings is 1. The number of hydrogen-bond acceptors (Lipinski definition) is 6. The number of pyridine rings is 1. The lowest BCUT2D eigenvalue weighted by Crippen LogP contribution is -2.48. The molecule has 1 aliphatic rings. The van der Waals surface area contributed by atoms with E-state index in [4.69, 9.17) is 0 Å². The molecule has 0 aliphatic carbocycles. The van der Waals surface area contributed by atoms with Crippen LogP contribution >= 0.6 is 39.0 Å². The van der Waals surface area contributed by atoms with Crippen LogP contribution in [0.3, 0.4) is 0 Å². The molecule has 138 valence electrons. The number of anilines is 1. The SMILES string of the molecule is O=C(c1cccnc1Sc1ccc(Br)cc1)N1CCN(c2nccs2)CC1. The van der Waals surface area contributed by atoms with Crippen molar-refractivity contribution in [2.45, 2.75) is 9.92 Å². The van der Waals surface area contributed by atoms with Crippen molar-refractivity contribution in [1.29, 1.82) is 0 Å². The summed E-state index contributed by atoms with van der Waals surface area (Å²) in [5.41, 5.74) is 0.660. The number of nitrogens with zero attached hydrogens (tertiary/aromatic N) is 4. The van der Waals surface area contributed by atoms with Crippen molar-refractivity contribution in [3.63, 3.8) is 0 Å². The van der Waals surface area contributed by atoms with Crippen LogP contribution in [0.15, 0.2) is 68.6 Å². The maximum Gasteiger partial charge on any atom is 0.256 e. The van der Waals surface area contributed by atoms with Gasteiger partial charge in [0.05, 0.1) is 5.56 Å². The Kier molecular flexibility index (Phi) is 5.75. The van der Waals surface area contributed by atoms with Crippen molar-refractivity contribution in [3.8, 4) is 0 Å². The van der Waals surface area contributed by atoms with E-state index in [2.05, 4.69) is 30.8 Å². The molecule has 3 aromatic rings. The van der Waals surface area contributed by atoms with E-state index in [0.29, 0.717) is 18.7 Å². The van der Waals surface area contributed by atoms with E-state index < -0.39 is 0 Å². The maximum atomic E-state index is 13.1. The molecule has 0 saturated carbocycles. The highest BCUT2D eigenvalue weighted by Crippen LogP contribution is 2.30. The normalized spacial score (nSPS) is 14.4. The van der Waals surface area contributed by atoms with Crippen LogP contribution in [0.1, 0.15) is 10.4 Å². The fourth-order valence-electron chi connectivity index (χ4n) is 2.89. The number of rotatable bonds is 4. The minimum atomic E-state index is 0.0431. The third kappa shape index (κ3) is 4.34. The van der Waals surface area contributed by atoms with Crippen molar-refractivity contribution in [3.05, 3.63) is 64.2 Å². The molecule has 5 nitrogen and oxygen atoms in total. The highest BCUT2D eigenvalue weighted by Gasteiger charge is 2.25. The average molecular weight is 461 g/mol. The molecule has 27 heavy (non-hydrogen) atoms. The van der Waals surface area contributed by atoms with Crippen LogP contribution in [-0.4, -0.2) is 47.0 Å². The predicted octanol–water partition coefficient (Wildman–Crippen LogP) is 4.41. The number of carbonyl (C=O) groups is 1. The van der Waals surface area contributed by atoms with Gasteiger partial charge in [0.1, 0.15) is 5.03 Å². The number of piperazine rings is 1. The minimum Gasteiger partial charge on any atom is -0.345 e. The number of thiazole rings is 1. The van der Waals surface area contributed by atoms with Crippen molar-refractivity contribution in [1.82, 2.24) is 14.9 Å². The number of amides is 1. The minimum absolute atomic E-state index is 0.0431. The summed E-state index contributed by atoms with van der Waals surface area (Å²) < 4.78 is 1.03. The zero-order valence-electron chi connectivity index (χ0n) is 14.4. The first-order valence-corrected chi connectivity index (χ1v) is 11.0. The van der Waals surface area contributed by atoms with Gasteiger partial charge in [-0.25, -0.2) is 9.97 Å². The number of carbonyl (C=O) groups excluding carboxylic acids is 1. The van der Waals surface area contributed by atoms with Crippen molar-refractivity contribution >= 4 is 50.1 Å². The average Bonchev–Trinajstić information content (AvgIpc) is 3.25. The number of halogens is 1. The van der Waals surface area contributed by atoms with Gasteiger partial charge in [0.25, 0.3) is 5.91 Å². The smallest absolute Gasteiger partial charge is 0.256 e. The quantitative estimate of drug-likeness (QED) is 0.576. The lowest BCUT2D eigenvalue weighted by atomic mass is 10.2. The lowest BCUT2D eigenvalue weighted by molar-refractivity contribution is 0.0742. The second-order valence-electron chi connectivity index (χ2n) is 6.01. The van der Waals surface area contributed by atoms with E-state index in [0.717, 1.165) is 32.6 Å². The molecule has 0 radical (unpaired) electrons. The fourth-order valence-corrected chi connectivity index (χ4v) is 4.73. The summed E-state index contributed by atoms with van der Waals surface area (Å²) in [4.78, 5) is 27.1. The summed E-state index contributed by atoms with van der Waals surface area (Å²) >= 11 is 6.60. The fraction of sp³-hybridized carbons (Fsp3) is 0.211. The van der Waals surface area contributed by atoms with Gasteiger partial charge in [-0.2, -0.15) is 0 Å². The van der Waals surface area contributed by atoms with Crippen LogP contribution in [0.4, 0.5) is 5.13 Å². The van der Waals surface area contributed by atoms with Crippen LogP contribution in [-0.2, 0) is 0 Å². The molecule has 1 amide bonds. The Morgan fingerprint density at radius 3 is 2.52 bits per heavy atom. The summed E-state index contributed by atoms with van der Waals surface area (Å²) in [5, 5.41) is 3.75. The molecule has 3 heterocycles. The van der Waals surface area contributed by atoms with Gasteiger partial charge >= 0.3 is 0 Å². The molecule has 0 spiro atoms. The van der Waals surface area contributed by atoms with Crippen molar-refractivity contribution < 1.29 is 4.79 Å². The summed E-state index contributed by atoms with van der Waals surface area (Å²) in [6.45, 7) is 2.98. The molecule has 2 aromatic heterocycles. The van der Waals surface area contributed by atoms with Crippen molar-refractivity contribution in [2.75, 3.05) is 31.1 Å². The van der Waals surface area contributed by atoms with E-state index in [1.54, 1.807) is 17.5 Å². The molecule has 0 unspecified atom stereocenters. The maximum absolute atomic E-state index is 13.1. The lowest BCUT2D eigenvalue weighted by Gasteiger charge is -2.34. The zero-order chi connectivity index (χ0) is 18.6. The van der Waals surface area contributed by atoms with Crippen LogP contribution < -0.4 is 4.90 Å². The molecule has 1 saturated heterocycles. The molecule has 0 N–H and O–H groups in total. The van der Waals surface area contributed by atoms with Crippen LogP contribution in [0, 0.1) is 0 Å². The highest BCUT2D eigenvalue weighted by molar-refractivity contribution is 9.10. The molecule has 1 aromatic carbocycles.